The third-order valence-corrected chi connectivity index (χ3v) is 7.67. The number of hydrogen-bond donors (Lipinski definition) is 0. The fourth-order valence-corrected chi connectivity index (χ4v) is 5.25. The zero-order chi connectivity index (χ0) is 29.5. The number of fused-ring (bicyclic) bond motifs is 3. The number of non-ortho nitro benzene ring substituents is 1. The Morgan fingerprint density at radius 1 is 1.00 bits per heavy atom. The van der Waals surface area contributed by atoms with Crippen LogP contribution in [0.1, 0.15) is 36.2 Å². The minimum Gasteiger partial charge on any atom is -0.385 e. The zero-order valence-electron chi connectivity index (χ0n) is 22.9. The lowest BCUT2D eigenvalue weighted by molar-refractivity contribution is -0.384. The van der Waals surface area contributed by atoms with Crippen molar-refractivity contribution in [2.24, 2.45) is 11.1 Å². The predicted molar refractivity (Wildman–Crippen MR) is 158 cm³/mol. The average molecular weight is 576 g/mol. The molecule has 10 nitrogen and oxygen atoms in total. The first-order valence-electron chi connectivity index (χ1n) is 12.9. The molecule has 0 saturated carbocycles. The van der Waals surface area contributed by atoms with Crippen LogP contribution in [0.2, 0.25) is 0 Å². The molecule has 4 rings (SSSR count). The molecule has 0 N–H and O–H groups in total. The summed E-state index contributed by atoms with van der Waals surface area (Å²) in [5.74, 6) is -0.228. The number of nitro groups is 1. The van der Waals surface area contributed by atoms with Gasteiger partial charge in [-0.3, -0.25) is 19.7 Å². The van der Waals surface area contributed by atoms with E-state index in [1.807, 2.05) is 4.57 Å². The number of benzene rings is 3. The van der Waals surface area contributed by atoms with Crippen molar-refractivity contribution in [3.05, 3.63) is 88.0 Å². The first-order valence-corrected chi connectivity index (χ1v) is 13.9. The van der Waals surface area contributed by atoms with Gasteiger partial charge < -0.3 is 14.1 Å². The molecule has 0 aliphatic heterocycles. The largest absolute Gasteiger partial charge is 0.385 e. The summed E-state index contributed by atoms with van der Waals surface area (Å²) in [5.41, 5.74) is 1.81. The maximum absolute atomic E-state index is 13.6. The third kappa shape index (κ3) is 7.05. The molecule has 0 amide bonds. The van der Waals surface area contributed by atoms with Crippen LogP contribution in [0.15, 0.2) is 71.9 Å². The van der Waals surface area contributed by atoms with Crippen molar-refractivity contribution in [2.75, 3.05) is 19.5 Å². The summed E-state index contributed by atoms with van der Waals surface area (Å²) < 4.78 is 6.93. The molecule has 0 aliphatic rings. The Bertz CT molecular complexity index is 1650. The normalized spacial score (nSPS) is 12.4. The van der Waals surface area contributed by atoms with E-state index in [0.717, 1.165) is 6.42 Å². The van der Waals surface area contributed by atoms with Gasteiger partial charge in [0.15, 0.2) is 5.71 Å². The second-order valence-electron chi connectivity index (χ2n) is 9.56. The Labute approximate surface area is 240 Å². The summed E-state index contributed by atoms with van der Waals surface area (Å²) in [5, 5.41) is 16.4. The fourth-order valence-electron chi connectivity index (χ4n) is 4.40. The minimum atomic E-state index is -0.673. The van der Waals surface area contributed by atoms with Crippen molar-refractivity contribution in [1.29, 1.82) is 0 Å². The lowest BCUT2D eigenvalue weighted by Gasteiger charge is -2.11. The Balaban J connectivity index is 1.76. The maximum Gasteiger partial charge on any atom is 0.332 e. The molecule has 1 unspecified atom stereocenters. The van der Waals surface area contributed by atoms with Gasteiger partial charge in [-0.2, -0.15) is 0 Å². The molecule has 0 fully saturated rings. The highest BCUT2D eigenvalue weighted by molar-refractivity contribution is 8.13. The van der Waals surface area contributed by atoms with Gasteiger partial charge in [0.25, 0.3) is 5.69 Å². The summed E-state index contributed by atoms with van der Waals surface area (Å²) in [4.78, 5) is 53.9. The van der Waals surface area contributed by atoms with E-state index in [9.17, 15) is 24.5 Å². The van der Waals surface area contributed by atoms with E-state index in [2.05, 4.69) is 12.1 Å². The molecule has 0 radical (unpaired) electrons. The van der Waals surface area contributed by atoms with E-state index in [-0.39, 0.29) is 28.6 Å². The number of hydrogen-bond acceptors (Lipinski definition) is 9. The van der Waals surface area contributed by atoms with Crippen molar-refractivity contribution < 1.29 is 28.9 Å². The molecule has 41 heavy (non-hydrogen) atoms. The van der Waals surface area contributed by atoms with Gasteiger partial charge in [0.2, 0.25) is 10.9 Å². The molecule has 0 saturated heterocycles. The van der Waals surface area contributed by atoms with E-state index in [0.29, 0.717) is 45.6 Å². The molecular formula is C30H29N3O7S. The van der Waals surface area contributed by atoms with Crippen molar-refractivity contribution in [3.63, 3.8) is 0 Å². The van der Waals surface area contributed by atoms with Crippen LogP contribution in [-0.2, 0) is 25.7 Å². The number of nitrogens with zero attached hydrogens (tertiary/aromatic N) is 3. The van der Waals surface area contributed by atoms with Crippen molar-refractivity contribution in [1.82, 2.24) is 4.57 Å². The highest BCUT2D eigenvalue weighted by atomic mass is 32.2. The van der Waals surface area contributed by atoms with Crippen LogP contribution in [0.3, 0.4) is 0 Å². The van der Waals surface area contributed by atoms with Gasteiger partial charge in [-0.15, -0.1) is 0 Å². The fraction of sp³-hybridized carbons (Fsp3) is 0.267. The lowest BCUT2D eigenvalue weighted by atomic mass is 9.99. The van der Waals surface area contributed by atoms with Crippen LogP contribution < -0.4 is 0 Å². The number of thioether (sulfide) groups is 1. The van der Waals surface area contributed by atoms with Crippen LogP contribution >= 0.6 is 11.8 Å². The Kier molecular flexibility index (Phi) is 9.64. The summed E-state index contributed by atoms with van der Waals surface area (Å²) in [6.07, 6.45) is 0.846. The van der Waals surface area contributed by atoms with E-state index < -0.39 is 16.7 Å². The molecule has 0 bridgehead atoms. The average Bonchev–Trinajstić information content (AvgIpc) is 3.27. The number of ketones is 1. The number of rotatable bonds is 12. The number of carbonyl (C=O) groups excluding carboxylic acids is 3. The molecule has 4 aromatic rings. The van der Waals surface area contributed by atoms with Crippen molar-refractivity contribution in [2.45, 2.75) is 26.8 Å². The van der Waals surface area contributed by atoms with E-state index in [4.69, 9.17) is 9.57 Å². The first kappa shape index (κ1) is 29.6. The van der Waals surface area contributed by atoms with Gasteiger partial charge in [-0.25, -0.2) is 4.79 Å². The highest BCUT2D eigenvalue weighted by Crippen LogP contribution is 2.33. The smallest absolute Gasteiger partial charge is 0.332 e. The van der Waals surface area contributed by atoms with E-state index in [1.54, 1.807) is 61.7 Å². The molecule has 0 spiro atoms. The second kappa shape index (κ2) is 13.3. The van der Waals surface area contributed by atoms with Gasteiger partial charge in [0.05, 0.1) is 17.0 Å². The van der Waals surface area contributed by atoms with E-state index in [1.165, 1.54) is 30.8 Å². The standard InChI is InChI=1S/C30H29N3O7S/c1-19(13-14-39-3)18-41-28(35)17-32-26-11-9-22(15-24(26)25-16-23(33(37)38)10-12-27(25)32)30(36)29(31-40-20(2)34)21-7-5-4-6-8-21/h4-12,15-16,19H,13-14,17-18H2,1-3H3/b31-29+. The van der Waals surface area contributed by atoms with Crippen molar-refractivity contribution >= 4 is 61.8 Å². The number of oxime groups is 1. The predicted octanol–water partition coefficient (Wildman–Crippen LogP) is 5.79. The summed E-state index contributed by atoms with van der Waals surface area (Å²) in [6.45, 7) is 3.92. The molecule has 1 heterocycles. The number of nitro benzene ring substituents is 1. The summed E-state index contributed by atoms with van der Waals surface area (Å²) in [6, 6.07) is 18.0. The van der Waals surface area contributed by atoms with Crippen molar-refractivity contribution in [3.8, 4) is 0 Å². The molecule has 3 aromatic carbocycles. The molecule has 0 aliphatic carbocycles. The quantitative estimate of drug-likeness (QED) is 0.0683. The van der Waals surface area contributed by atoms with Crippen LogP contribution in [0, 0.1) is 16.0 Å². The van der Waals surface area contributed by atoms with Crippen LogP contribution in [-0.4, -0.2) is 51.5 Å². The number of aromatic nitrogens is 1. The second-order valence-corrected chi connectivity index (χ2v) is 10.6. The van der Waals surface area contributed by atoms with Crippen LogP contribution in [0.4, 0.5) is 5.69 Å². The molecule has 212 valence electrons. The number of ether oxygens (including phenoxy) is 1. The van der Waals surface area contributed by atoms with Gasteiger partial charge >= 0.3 is 5.97 Å². The number of carbonyl (C=O) groups is 3. The SMILES string of the molecule is COCCC(C)CSC(=O)Cn1c2ccc(C(=O)/C(=N/OC(C)=O)c3ccccc3)cc2c2cc([N+](=O)[O-])ccc21. The van der Waals surface area contributed by atoms with Gasteiger partial charge in [0.1, 0.15) is 0 Å². The topological polar surface area (TPSA) is 130 Å². The monoisotopic (exact) mass is 575 g/mol. The summed E-state index contributed by atoms with van der Waals surface area (Å²) in [7, 11) is 1.64. The summed E-state index contributed by atoms with van der Waals surface area (Å²) >= 11 is 1.24. The molecule has 1 atom stereocenters. The third-order valence-electron chi connectivity index (χ3n) is 6.48. The lowest BCUT2D eigenvalue weighted by Crippen LogP contribution is -2.17. The minimum absolute atomic E-state index is 0.0496. The Morgan fingerprint density at radius 3 is 2.34 bits per heavy atom. The Hall–Kier alpha value is -4.35. The first-order chi connectivity index (χ1) is 19.7. The molecule has 11 heteroatoms. The molecule has 1 aromatic heterocycles. The van der Waals surface area contributed by atoms with Gasteiger partial charge in [0, 0.05) is 65.9 Å². The highest BCUT2D eigenvalue weighted by Gasteiger charge is 2.22. The number of Topliss-reactive ketones (excluding diaryl/α,β-unsaturated/α-hetero) is 1. The van der Waals surface area contributed by atoms with Gasteiger partial charge in [-0.1, -0.05) is 54.2 Å². The maximum atomic E-state index is 13.6. The van der Waals surface area contributed by atoms with Crippen LogP contribution in [0.5, 0.6) is 0 Å². The zero-order valence-corrected chi connectivity index (χ0v) is 23.7. The van der Waals surface area contributed by atoms with E-state index >= 15 is 0 Å². The van der Waals surface area contributed by atoms with Crippen LogP contribution in [0.25, 0.3) is 21.8 Å². The Morgan fingerprint density at radius 2 is 1.68 bits per heavy atom. The number of methoxy groups -OCH3 is 1. The molecular weight excluding hydrogens is 546 g/mol. The van der Waals surface area contributed by atoms with Gasteiger partial charge in [-0.05, 0) is 36.6 Å².